The van der Waals surface area contributed by atoms with Gasteiger partial charge in [-0.15, -0.1) is 0 Å². The van der Waals surface area contributed by atoms with Gasteiger partial charge < -0.3 is 41.6 Å². The van der Waals surface area contributed by atoms with Gasteiger partial charge >= 0.3 is 24.3 Å². The van der Waals surface area contributed by atoms with E-state index in [4.69, 9.17) is 40.7 Å². The summed E-state index contributed by atoms with van der Waals surface area (Å²) in [7, 11) is 0. The largest absolute Gasteiger partial charge is 0.490 e. The van der Waals surface area contributed by atoms with E-state index in [-0.39, 0.29) is 5.56 Å². The first-order valence-electron chi connectivity index (χ1n) is 14.8. The second-order valence-electron chi connectivity index (χ2n) is 10.1. The van der Waals surface area contributed by atoms with E-state index >= 15 is 0 Å². The summed E-state index contributed by atoms with van der Waals surface area (Å²) in [5.74, 6) is -5.67. The van der Waals surface area contributed by atoms with E-state index in [2.05, 4.69) is 15.6 Å². The van der Waals surface area contributed by atoms with Gasteiger partial charge in [0.2, 0.25) is 5.91 Å². The Balaban J connectivity index is 0.000000780. The molecule has 2 unspecified atom stereocenters. The molecule has 3 rings (SSSR count). The Morgan fingerprint density at radius 2 is 1.41 bits per heavy atom. The number of hydrogen-bond acceptors (Lipinski definition) is 10. The predicted molar refractivity (Wildman–Crippen MR) is 171 cm³/mol. The molecule has 0 fully saturated rings. The number of anilines is 2. The Morgan fingerprint density at radius 3 is 1.82 bits per heavy atom. The van der Waals surface area contributed by atoms with E-state index in [0.29, 0.717) is 54.3 Å². The van der Waals surface area contributed by atoms with Gasteiger partial charge in [-0.05, 0) is 50.5 Å². The van der Waals surface area contributed by atoms with Crippen LogP contribution in [-0.2, 0) is 27.3 Å². The molecule has 0 aliphatic heterocycles. The molecule has 0 aliphatic rings. The van der Waals surface area contributed by atoms with E-state index in [1.54, 1.807) is 12.1 Å². The van der Waals surface area contributed by atoms with Gasteiger partial charge in [-0.1, -0.05) is 19.1 Å². The van der Waals surface area contributed by atoms with Gasteiger partial charge in [0.05, 0.1) is 36.1 Å². The Bertz CT molecular complexity index is 1660. The summed E-state index contributed by atoms with van der Waals surface area (Å²) >= 11 is 0. The average molecular weight is 738 g/mol. The fourth-order valence-corrected chi connectivity index (χ4v) is 4.26. The van der Waals surface area contributed by atoms with Gasteiger partial charge in [-0.25, -0.2) is 9.59 Å². The van der Waals surface area contributed by atoms with Crippen molar-refractivity contribution < 1.29 is 70.3 Å². The summed E-state index contributed by atoms with van der Waals surface area (Å²) in [6, 6.07) is 8.38. The third-order valence-corrected chi connectivity index (χ3v) is 6.47. The first-order valence-corrected chi connectivity index (χ1v) is 14.8. The fourth-order valence-electron chi connectivity index (χ4n) is 4.26. The van der Waals surface area contributed by atoms with Crippen molar-refractivity contribution in [3.63, 3.8) is 0 Å². The number of aliphatic hydroxyl groups is 1. The maximum atomic E-state index is 12.4. The lowest BCUT2D eigenvalue weighted by Gasteiger charge is -2.21. The van der Waals surface area contributed by atoms with Crippen LogP contribution in [0.15, 0.2) is 36.5 Å². The molecule has 20 heteroatoms. The van der Waals surface area contributed by atoms with Gasteiger partial charge in [-0.2, -0.15) is 26.3 Å². The van der Waals surface area contributed by atoms with Gasteiger partial charge in [0, 0.05) is 29.9 Å². The number of carbonyl (C=O) groups excluding carboxylic acids is 2. The molecular weight excluding hydrogens is 700 g/mol. The summed E-state index contributed by atoms with van der Waals surface area (Å²) < 4.78 is 75.0. The van der Waals surface area contributed by atoms with E-state index in [1.807, 2.05) is 39.0 Å². The molecule has 0 bridgehead atoms. The van der Waals surface area contributed by atoms with Crippen LogP contribution in [0.5, 0.6) is 11.5 Å². The second kappa shape index (κ2) is 19.1. The Kier molecular flexibility index (Phi) is 16.4. The molecule has 2 atom stereocenters. The van der Waals surface area contributed by atoms with Crippen molar-refractivity contribution in [3.8, 4) is 11.5 Å². The van der Waals surface area contributed by atoms with Crippen molar-refractivity contribution in [1.29, 1.82) is 0 Å². The van der Waals surface area contributed by atoms with Crippen molar-refractivity contribution in [2.75, 3.05) is 18.5 Å². The van der Waals surface area contributed by atoms with Crippen molar-refractivity contribution in [2.45, 2.75) is 65.2 Å². The number of nitrogens with zero attached hydrogens (tertiary/aromatic N) is 1. The number of nitrogens with one attached hydrogen (secondary N) is 2. The van der Waals surface area contributed by atoms with Crippen LogP contribution in [0.4, 0.5) is 37.7 Å². The van der Waals surface area contributed by atoms with Gasteiger partial charge in [0.25, 0.3) is 5.91 Å². The lowest BCUT2D eigenvalue weighted by molar-refractivity contribution is -0.193. The highest BCUT2D eigenvalue weighted by Gasteiger charge is 2.39. The number of carboxylic acid groups (broad SMARTS) is 2. The van der Waals surface area contributed by atoms with Crippen LogP contribution in [-0.4, -0.2) is 81.8 Å². The molecule has 2 amide bonds. The summed E-state index contributed by atoms with van der Waals surface area (Å²) in [5, 5.41) is 31.2. The molecule has 0 saturated carbocycles. The Morgan fingerprint density at radius 1 is 0.902 bits per heavy atom. The van der Waals surface area contributed by atoms with Crippen molar-refractivity contribution in [2.24, 2.45) is 11.5 Å². The number of ether oxygens (including phenoxy) is 2. The first-order chi connectivity index (χ1) is 23.6. The molecule has 0 saturated heterocycles. The number of carbonyl (C=O) groups is 4. The standard InChI is InChI=1S/C27H35N5O5.2C2HF3O2/c1-5-17-16(13-31-24(15(4)33)27(29)35)9-8-10-20(17)32-25-18-11-22(36-6-2)23(37-7-3)12-21(18)30-14-19(25)26(28)34;2*3-2(4,5)1(6)7/h8-12,14-15,24,31,33H,5-7,13H2,1-4H3,(H2,28,34)(H2,29,35)(H,30,32);2*(H,6,7). The molecule has 1 heterocycles. The molecule has 0 radical (unpaired) electrons. The van der Waals surface area contributed by atoms with Crippen LogP contribution in [0.1, 0.15) is 49.2 Å². The fraction of sp³-hybridized carbons (Fsp3) is 0.387. The third-order valence-electron chi connectivity index (χ3n) is 6.47. The third kappa shape index (κ3) is 13.1. The number of amides is 2. The van der Waals surface area contributed by atoms with E-state index in [9.17, 15) is 41.0 Å². The molecule has 1 aromatic heterocycles. The monoisotopic (exact) mass is 737 g/mol. The van der Waals surface area contributed by atoms with Crippen molar-refractivity contribution >= 4 is 46.0 Å². The number of pyridine rings is 1. The molecule has 51 heavy (non-hydrogen) atoms. The minimum absolute atomic E-state index is 0.229. The lowest BCUT2D eigenvalue weighted by Crippen LogP contribution is -2.48. The molecule has 2 aromatic carbocycles. The minimum atomic E-state index is -5.08. The number of nitrogens with two attached hydrogens (primary N) is 2. The van der Waals surface area contributed by atoms with Gasteiger partial charge in [-0.3, -0.25) is 19.9 Å². The number of primary amides is 2. The SMILES string of the molecule is CCOc1cc2ncc(C(N)=O)c(Nc3cccc(CNC(C(N)=O)C(C)O)c3CC)c2cc1OCC.O=C(O)C(F)(F)F.O=C(O)C(F)(F)F. The van der Waals surface area contributed by atoms with E-state index in [0.717, 1.165) is 16.8 Å². The molecule has 3 aromatic rings. The Labute approximate surface area is 286 Å². The zero-order valence-corrected chi connectivity index (χ0v) is 27.6. The highest BCUT2D eigenvalue weighted by atomic mass is 19.4. The summed E-state index contributed by atoms with van der Waals surface area (Å²) in [5.41, 5.74) is 15.1. The molecule has 282 valence electrons. The van der Waals surface area contributed by atoms with Crippen molar-refractivity contribution in [3.05, 3.63) is 53.2 Å². The average Bonchev–Trinajstić information content (AvgIpc) is 3.01. The topological polar surface area (TPSA) is 236 Å². The molecule has 0 aliphatic carbocycles. The summed E-state index contributed by atoms with van der Waals surface area (Å²) in [6.45, 7) is 8.48. The molecule has 0 spiro atoms. The number of hydrogen-bond donors (Lipinski definition) is 7. The van der Waals surface area contributed by atoms with Crippen molar-refractivity contribution in [1.82, 2.24) is 10.3 Å². The van der Waals surface area contributed by atoms with Gasteiger partial charge in [0.1, 0.15) is 6.04 Å². The highest BCUT2D eigenvalue weighted by molar-refractivity contribution is 6.08. The smallest absolute Gasteiger partial charge is 0.490 e. The number of carboxylic acids is 2. The van der Waals surface area contributed by atoms with Crippen LogP contribution >= 0.6 is 0 Å². The number of benzene rings is 2. The van der Waals surface area contributed by atoms with Gasteiger partial charge in [0.15, 0.2) is 11.5 Å². The maximum Gasteiger partial charge on any atom is 0.490 e. The zero-order chi connectivity index (χ0) is 39.3. The lowest BCUT2D eigenvalue weighted by atomic mass is 10.0. The number of halogens is 6. The van der Waals surface area contributed by atoms with Crippen LogP contribution < -0.4 is 31.6 Å². The number of fused-ring (bicyclic) bond motifs is 1. The Hall–Kier alpha value is -5.37. The quantitative estimate of drug-likeness (QED) is 0.123. The molecule has 9 N–H and O–H groups in total. The number of aliphatic hydroxyl groups excluding tert-OH is 1. The first kappa shape index (κ1) is 43.7. The summed E-state index contributed by atoms with van der Waals surface area (Å²) in [4.78, 5) is 46.3. The number of aromatic nitrogens is 1. The van der Waals surface area contributed by atoms with Crippen LogP contribution in [0.25, 0.3) is 10.9 Å². The minimum Gasteiger partial charge on any atom is -0.490 e. The van der Waals surface area contributed by atoms with E-state index < -0.39 is 48.3 Å². The molecule has 14 nitrogen and oxygen atoms in total. The second-order valence-corrected chi connectivity index (χ2v) is 10.1. The number of aliphatic carboxylic acids is 2. The van der Waals surface area contributed by atoms with E-state index in [1.165, 1.54) is 13.1 Å². The zero-order valence-electron chi connectivity index (χ0n) is 27.6. The molecular formula is C31H37F6N5O9. The van der Waals surface area contributed by atoms with Crippen LogP contribution in [0, 0.1) is 0 Å². The van der Waals surface area contributed by atoms with Crippen LogP contribution in [0.3, 0.4) is 0 Å². The predicted octanol–water partition coefficient (Wildman–Crippen LogP) is 4.03. The normalized spacial score (nSPS) is 12.3. The number of alkyl halides is 6. The van der Waals surface area contributed by atoms with Crippen LogP contribution in [0.2, 0.25) is 0 Å². The maximum absolute atomic E-state index is 12.4. The summed E-state index contributed by atoms with van der Waals surface area (Å²) in [6.07, 6.45) is -9.00. The highest BCUT2D eigenvalue weighted by Crippen LogP contribution is 2.38. The number of rotatable bonds is 13.